The van der Waals surface area contributed by atoms with Gasteiger partial charge in [-0.1, -0.05) is 25.7 Å². The van der Waals surface area contributed by atoms with Crippen molar-refractivity contribution in [2.24, 2.45) is 5.92 Å². The second kappa shape index (κ2) is 5.73. The Morgan fingerprint density at radius 1 is 1.27 bits per heavy atom. The van der Waals surface area contributed by atoms with Crippen molar-refractivity contribution >= 4 is 0 Å². The van der Waals surface area contributed by atoms with Crippen LogP contribution in [0.5, 0.6) is 0 Å². The van der Waals surface area contributed by atoms with E-state index in [0.29, 0.717) is 5.92 Å². The Hall–Kier alpha value is -0.250. The molecule has 0 bridgehead atoms. The molecule has 1 rings (SSSR count). The van der Waals surface area contributed by atoms with Crippen molar-refractivity contribution in [3.8, 4) is 0 Å². The van der Waals surface area contributed by atoms with Crippen LogP contribution in [-0.2, 0) is 0 Å². The van der Waals surface area contributed by atoms with Gasteiger partial charge in [0.25, 0.3) is 0 Å². The molecule has 1 atom stereocenters. The summed E-state index contributed by atoms with van der Waals surface area (Å²) < 4.78 is 36.1. The average Bonchev–Trinajstić information content (AvgIpc) is 2.63. The van der Waals surface area contributed by atoms with Gasteiger partial charge < -0.3 is 5.32 Å². The standard InChI is InChI=1S/C11H20F3N/c1-15-10(6-7-11(12,13)14)8-9-4-2-3-5-9/h9-10,15H,2-8H2,1H3. The average molecular weight is 223 g/mol. The first-order valence-electron chi connectivity index (χ1n) is 5.75. The molecule has 1 aliphatic carbocycles. The Bertz CT molecular complexity index is 173. The van der Waals surface area contributed by atoms with Crippen molar-refractivity contribution in [3.05, 3.63) is 0 Å². The fraction of sp³-hybridized carbons (Fsp3) is 1.00. The first-order valence-corrected chi connectivity index (χ1v) is 5.75. The number of halogens is 3. The van der Waals surface area contributed by atoms with Gasteiger partial charge in [-0.25, -0.2) is 0 Å². The molecule has 1 saturated carbocycles. The second-order valence-electron chi connectivity index (χ2n) is 4.53. The van der Waals surface area contributed by atoms with E-state index < -0.39 is 12.6 Å². The molecule has 0 aromatic carbocycles. The molecule has 1 fully saturated rings. The van der Waals surface area contributed by atoms with Crippen molar-refractivity contribution in [2.75, 3.05) is 7.05 Å². The van der Waals surface area contributed by atoms with Gasteiger partial charge in [-0.05, 0) is 25.8 Å². The van der Waals surface area contributed by atoms with E-state index in [1.807, 2.05) is 0 Å². The molecule has 0 aromatic rings. The highest BCUT2D eigenvalue weighted by Gasteiger charge is 2.29. The summed E-state index contributed by atoms with van der Waals surface area (Å²) in [5.74, 6) is 0.649. The van der Waals surface area contributed by atoms with Gasteiger partial charge in [-0.3, -0.25) is 0 Å². The number of hydrogen-bond donors (Lipinski definition) is 1. The van der Waals surface area contributed by atoms with Crippen molar-refractivity contribution in [1.29, 1.82) is 0 Å². The predicted molar refractivity (Wildman–Crippen MR) is 54.7 cm³/mol. The molecule has 4 heteroatoms. The van der Waals surface area contributed by atoms with Crippen LogP contribution in [0.1, 0.15) is 44.9 Å². The lowest BCUT2D eigenvalue weighted by molar-refractivity contribution is -0.136. The van der Waals surface area contributed by atoms with Crippen LogP contribution in [0, 0.1) is 5.92 Å². The summed E-state index contributed by atoms with van der Waals surface area (Å²) in [4.78, 5) is 0. The number of alkyl halides is 3. The van der Waals surface area contributed by atoms with E-state index in [4.69, 9.17) is 0 Å². The summed E-state index contributed by atoms with van der Waals surface area (Å²) in [6.45, 7) is 0. The Morgan fingerprint density at radius 2 is 1.87 bits per heavy atom. The van der Waals surface area contributed by atoms with E-state index in [1.165, 1.54) is 25.7 Å². The largest absolute Gasteiger partial charge is 0.389 e. The predicted octanol–water partition coefficient (Wildman–Crippen LogP) is 3.50. The monoisotopic (exact) mass is 223 g/mol. The molecule has 15 heavy (non-hydrogen) atoms. The van der Waals surface area contributed by atoms with Crippen molar-refractivity contribution in [1.82, 2.24) is 5.32 Å². The highest BCUT2D eigenvalue weighted by Crippen LogP contribution is 2.30. The molecule has 0 heterocycles. The van der Waals surface area contributed by atoms with E-state index >= 15 is 0 Å². The van der Waals surface area contributed by atoms with Gasteiger partial charge in [-0.2, -0.15) is 13.2 Å². The first-order chi connectivity index (χ1) is 7.01. The van der Waals surface area contributed by atoms with Crippen LogP contribution in [0.2, 0.25) is 0 Å². The summed E-state index contributed by atoms with van der Waals surface area (Å²) in [5, 5.41) is 3.00. The summed E-state index contributed by atoms with van der Waals surface area (Å²) in [5.41, 5.74) is 0. The molecule has 1 unspecified atom stereocenters. The van der Waals surface area contributed by atoms with Crippen molar-refractivity contribution < 1.29 is 13.2 Å². The van der Waals surface area contributed by atoms with Crippen LogP contribution in [0.4, 0.5) is 13.2 Å². The Labute approximate surface area is 89.4 Å². The highest BCUT2D eigenvalue weighted by atomic mass is 19.4. The Morgan fingerprint density at radius 3 is 2.33 bits per heavy atom. The molecule has 1 nitrogen and oxygen atoms in total. The second-order valence-corrected chi connectivity index (χ2v) is 4.53. The molecule has 0 saturated heterocycles. The van der Waals surface area contributed by atoms with Crippen LogP contribution in [0.3, 0.4) is 0 Å². The molecule has 0 aliphatic heterocycles. The number of rotatable bonds is 5. The van der Waals surface area contributed by atoms with E-state index in [1.54, 1.807) is 7.05 Å². The van der Waals surface area contributed by atoms with Gasteiger partial charge in [0, 0.05) is 12.5 Å². The van der Waals surface area contributed by atoms with Crippen LogP contribution >= 0.6 is 0 Å². The van der Waals surface area contributed by atoms with Gasteiger partial charge >= 0.3 is 6.18 Å². The van der Waals surface area contributed by atoms with Gasteiger partial charge in [-0.15, -0.1) is 0 Å². The minimum atomic E-state index is -4.01. The molecule has 0 amide bonds. The van der Waals surface area contributed by atoms with E-state index in [0.717, 1.165) is 6.42 Å². The summed E-state index contributed by atoms with van der Waals surface area (Å²) in [6, 6.07) is 0.0368. The minimum Gasteiger partial charge on any atom is -0.317 e. The summed E-state index contributed by atoms with van der Waals surface area (Å²) in [6.07, 6.45) is 1.36. The molecule has 0 radical (unpaired) electrons. The van der Waals surface area contributed by atoms with Gasteiger partial charge in [0.05, 0.1) is 0 Å². The zero-order valence-corrected chi connectivity index (χ0v) is 9.24. The van der Waals surface area contributed by atoms with Gasteiger partial charge in [0.2, 0.25) is 0 Å². The SMILES string of the molecule is CNC(CCC(F)(F)F)CC1CCCC1. The lowest BCUT2D eigenvalue weighted by Crippen LogP contribution is -2.29. The molecule has 90 valence electrons. The molecular weight excluding hydrogens is 203 g/mol. The lowest BCUT2D eigenvalue weighted by Gasteiger charge is -2.20. The Balaban J connectivity index is 2.22. The zero-order valence-electron chi connectivity index (χ0n) is 9.24. The van der Waals surface area contributed by atoms with E-state index in [-0.39, 0.29) is 12.5 Å². The van der Waals surface area contributed by atoms with Crippen LogP contribution in [-0.4, -0.2) is 19.3 Å². The number of nitrogens with one attached hydrogen (secondary N) is 1. The topological polar surface area (TPSA) is 12.0 Å². The fourth-order valence-corrected chi connectivity index (χ4v) is 2.37. The van der Waals surface area contributed by atoms with Gasteiger partial charge in [0.15, 0.2) is 0 Å². The van der Waals surface area contributed by atoms with Crippen molar-refractivity contribution in [2.45, 2.75) is 57.2 Å². The maximum absolute atomic E-state index is 12.0. The van der Waals surface area contributed by atoms with Crippen LogP contribution < -0.4 is 5.32 Å². The van der Waals surface area contributed by atoms with E-state index in [9.17, 15) is 13.2 Å². The maximum atomic E-state index is 12.0. The lowest BCUT2D eigenvalue weighted by atomic mass is 9.95. The van der Waals surface area contributed by atoms with Gasteiger partial charge in [0.1, 0.15) is 0 Å². The maximum Gasteiger partial charge on any atom is 0.389 e. The quantitative estimate of drug-likeness (QED) is 0.752. The third kappa shape index (κ3) is 5.40. The van der Waals surface area contributed by atoms with Crippen LogP contribution in [0.25, 0.3) is 0 Å². The summed E-state index contributed by atoms with van der Waals surface area (Å²) in [7, 11) is 1.76. The van der Waals surface area contributed by atoms with Crippen molar-refractivity contribution in [3.63, 3.8) is 0 Å². The molecular formula is C11H20F3N. The van der Waals surface area contributed by atoms with Crippen LogP contribution in [0.15, 0.2) is 0 Å². The minimum absolute atomic E-state index is 0.0368. The third-order valence-electron chi connectivity index (χ3n) is 3.28. The molecule has 0 spiro atoms. The molecule has 0 aromatic heterocycles. The first kappa shape index (κ1) is 12.8. The normalized spacial score (nSPS) is 20.8. The summed E-state index contributed by atoms with van der Waals surface area (Å²) >= 11 is 0. The Kier molecular flexibility index (Phi) is 4.90. The fourth-order valence-electron chi connectivity index (χ4n) is 2.37. The number of hydrogen-bond acceptors (Lipinski definition) is 1. The molecule has 1 N–H and O–H groups in total. The third-order valence-corrected chi connectivity index (χ3v) is 3.28. The van der Waals surface area contributed by atoms with E-state index in [2.05, 4.69) is 5.32 Å². The highest BCUT2D eigenvalue weighted by molar-refractivity contribution is 4.75. The smallest absolute Gasteiger partial charge is 0.317 e. The molecule has 1 aliphatic rings. The zero-order chi connectivity index (χ0) is 11.3.